The molecular formula is C7H8F3N3. The Balaban J connectivity index is 2.55. The molecular weight excluding hydrogens is 183 g/mol. The minimum absolute atomic E-state index is 0.185. The summed E-state index contributed by atoms with van der Waals surface area (Å²) in [6.07, 6.45) is -3.01. The molecule has 1 heterocycles. The van der Waals surface area contributed by atoms with Gasteiger partial charge in [-0.3, -0.25) is 0 Å². The molecule has 1 aromatic heterocycles. The zero-order valence-corrected chi connectivity index (χ0v) is 6.89. The van der Waals surface area contributed by atoms with E-state index >= 15 is 0 Å². The van der Waals surface area contributed by atoms with Gasteiger partial charge < -0.3 is 5.32 Å². The molecule has 0 saturated carbocycles. The molecule has 3 nitrogen and oxygen atoms in total. The molecule has 72 valence electrons. The van der Waals surface area contributed by atoms with Crippen molar-refractivity contribution < 1.29 is 13.2 Å². The van der Waals surface area contributed by atoms with Crippen molar-refractivity contribution >= 4 is 5.82 Å². The summed E-state index contributed by atoms with van der Waals surface area (Å²) in [5, 5.41) is 2.15. The number of halogens is 3. The molecule has 1 aromatic rings. The van der Waals surface area contributed by atoms with Crippen LogP contribution in [0, 0.1) is 6.92 Å². The van der Waals surface area contributed by atoms with Gasteiger partial charge in [0.1, 0.15) is 18.7 Å². The Bertz CT molecular complexity index is 285. The first-order valence-corrected chi connectivity index (χ1v) is 3.57. The SMILES string of the molecule is Cc1cc(NCC(F)(F)F)ncn1. The predicted molar refractivity (Wildman–Crippen MR) is 41.3 cm³/mol. The van der Waals surface area contributed by atoms with Crippen LogP contribution in [0.4, 0.5) is 19.0 Å². The molecule has 0 atom stereocenters. The molecule has 1 rings (SSSR count). The monoisotopic (exact) mass is 191 g/mol. The highest BCUT2D eigenvalue weighted by molar-refractivity contribution is 5.34. The molecule has 0 fully saturated rings. The summed E-state index contributed by atoms with van der Waals surface area (Å²) < 4.78 is 35.2. The van der Waals surface area contributed by atoms with E-state index in [1.54, 1.807) is 6.92 Å². The molecule has 0 bridgehead atoms. The third-order valence-corrected chi connectivity index (χ3v) is 1.27. The number of nitrogens with zero attached hydrogens (tertiary/aromatic N) is 2. The zero-order valence-electron chi connectivity index (χ0n) is 6.89. The maximum atomic E-state index is 11.7. The first kappa shape index (κ1) is 9.76. The summed E-state index contributed by atoms with van der Waals surface area (Å²) in [7, 11) is 0. The number of hydrogen-bond acceptors (Lipinski definition) is 3. The lowest BCUT2D eigenvalue weighted by atomic mass is 10.4. The minimum atomic E-state index is -4.22. The van der Waals surface area contributed by atoms with E-state index in [1.807, 2.05) is 0 Å². The van der Waals surface area contributed by atoms with Gasteiger partial charge in [-0.15, -0.1) is 0 Å². The van der Waals surface area contributed by atoms with Gasteiger partial charge in [0.2, 0.25) is 0 Å². The number of alkyl halides is 3. The lowest BCUT2D eigenvalue weighted by Gasteiger charge is -2.08. The lowest BCUT2D eigenvalue weighted by molar-refractivity contribution is -0.115. The van der Waals surface area contributed by atoms with E-state index in [1.165, 1.54) is 12.4 Å². The van der Waals surface area contributed by atoms with Gasteiger partial charge in [-0.2, -0.15) is 13.2 Å². The quantitative estimate of drug-likeness (QED) is 0.773. The van der Waals surface area contributed by atoms with Crippen LogP contribution in [0.3, 0.4) is 0 Å². The van der Waals surface area contributed by atoms with Gasteiger partial charge in [0, 0.05) is 11.8 Å². The molecule has 0 aliphatic rings. The van der Waals surface area contributed by atoms with Crippen LogP contribution in [-0.4, -0.2) is 22.7 Å². The predicted octanol–water partition coefficient (Wildman–Crippen LogP) is 1.76. The Labute approximate surface area is 73.0 Å². The van der Waals surface area contributed by atoms with Gasteiger partial charge in [0.25, 0.3) is 0 Å². The first-order chi connectivity index (χ1) is 5.97. The van der Waals surface area contributed by atoms with Gasteiger partial charge in [0.05, 0.1) is 0 Å². The highest BCUT2D eigenvalue weighted by Gasteiger charge is 2.26. The van der Waals surface area contributed by atoms with E-state index in [4.69, 9.17) is 0 Å². The molecule has 0 radical (unpaired) electrons. The van der Waals surface area contributed by atoms with Gasteiger partial charge in [0.15, 0.2) is 0 Å². The number of aromatic nitrogens is 2. The number of hydrogen-bond donors (Lipinski definition) is 1. The number of rotatable bonds is 2. The minimum Gasteiger partial charge on any atom is -0.361 e. The molecule has 13 heavy (non-hydrogen) atoms. The van der Waals surface area contributed by atoms with Crippen molar-refractivity contribution in [3.05, 3.63) is 18.1 Å². The van der Waals surface area contributed by atoms with Crippen molar-refractivity contribution in [2.45, 2.75) is 13.1 Å². The Morgan fingerprint density at radius 3 is 2.62 bits per heavy atom. The summed E-state index contributed by atoms with van der Waals surface area (Å²) in [4.78, 5) is 7.37. The normalized spacial score (nSPS) is 11.4. The standard InChI is InChI=1S/C7H8F3N3/c1-5-2-6(13-4-12-5)11-3-7(8,9)10/h2,4H,3H2,1H3,(H,11,12,13). The Hall–Kier alpha value is -1.33. The van der Waals surface area contributed by atoms with E-state index in [9.17, 15) is 13.2 Å². The van der Waals surface area contributed by atoms with Crippen LogP contribution in [0.2, 0.25) is 0 Å². The molecule has 0 saturated heterocycles. The molecule has 1 N–H and O–H groups in total. The number of nitrogens with one attached hydrogen (secondary N) is 1. The first-order valence-electron chi connectivity index (χ1n) is 3.57. The van der Waals surface area contributed by atoms with Crippen LogP contribution in [0.5, 0.6) is 0 Å². The largest absolute Gasteiger partial charge is 0.405 e. The Kier molecular flexibility index (Phi) is 2.69. The smallest absolute Gasteiger partial charge is 0.361 e. The number of aryl methyl sites for hydroxylation is 1. The molecule has 0 aliphatic heterocycles. The zero-order chi connectivity index (χ0) is 9.90. The van der Waals surface area contributed by atoms with Crippen molar-refractivity contribution in [3.63, 3.8) is 0 Å². The maximum absolute atomic E-state index is 11.7. The second kappa shape index (κ2) is 3.59. The second-order valence-corrected chi connectivity index (χ2v) is 2.51. The number of anilines is 1. The van der Waals surface area contributed by atoms with E-state index in [0.717, 1.165) is 0 Å². The third-order valence-electron chi connectivity index (χ3n) is 1.27. The molecule has 6 heteroatoms. The van der Waals surface area contributed by atoms with Crippen molar-refractivity contribution in [2.24, 2.45) is 0 Å². The fourth-order valence-corrected chi connectivity index (χ4v) is 0.742. The summed E-state index contributed by atoms with van der Waals surface area (Å²) in [6, 6.07) is 1.45. The summed E-state index contributed by atoms with van der Waals surface area (Å²) in [5.41, 5.74) is 0.625. The van der Waals surface area contributed by atoms with Crippen molar-refractivity contribution in [1.29, 1.82) is 0 Å². The molecule has 0 aromatic carbocycles. The van der Waals surface area contributed by atoms with E-state index in [-0.39, 0.29) is 5.82 Å². The van der Waals surface area contributed by atoms with Crippen LogP contribution in [0.15, 0.2) is 12.4 Å². The average Bonchev–Trinajstić information content (AvgIpc) is 2.00. The van der Waals surface area contributed by atoms with Crippen LogP contribution >= 0.6 is 0 Å². The van der Waals surface area contributed by atoms with Crippen molar-refractivity contribution in [2.75, 3.05) is 11.9 Å². The fourth-order valence-electron chi connectivity index (χ4n) is 0.742. The van der Waals surface area contributed by atoms with Crippen LogP contribution < -0.4 is 5.32 Å². The van der Waals surface area contributed by atoms with E-state index in [0.29, 0.717) is 5.69 Å². The molecule has 0 unspecified atom stereocenters. The lowest BCUT2D eigenvalue weighted by Crippen LogP contribution is -2.21. The van der Waals surface area contributed by atoms with Gasteiger partial charge in [-0.1, -0.05) is 0 Å². The van der Waals surface area contributed by atoms with Crippen LogP contribution in [-0.2, 0) is 0 Å². The van der Waals surface area contributed by atoms with Crippen molar-refractivity contribution in [3.8, 4) is 0 Å². The second-order valence-electron chi connectivity index (χ2n) is 2.51. The van der Waals surface area contributed by atoms with Crippen LogP contribution in [0.1, 0.15) is 5.69 Å². The molecule has 0 spiro atoms. The maximum Gasteiger partial charge on any atom is 0.405 e. The van der Waals surface area contributed by atoms with E-state index in [2.05, 4.69) is 15.3 Å². The highest BCUT2D eigenvalue weighted by Crippen LogP contribution is 2.15. The van der Waals surface area contributed by atoms with Gasteiger partial charge in [-0.05, 0) is 6.92 Å². The third kappa shape index (κ3) is 3.73. The van der Waals surface area contributed by atoms with Gasteiger partial charge >= 0.3 is 6.18 Å². The van der Waals surface area contributed by atoms with Crippen LogP contribution in [0.25, 0.3) is 0 Å². The Morgan fingerprint density at radius 2 is 2.08 bits per heavy atom. The fraction of sp³-hybridized carbons (Fsp3) is 0.429. The molecule has 0 amide bonds. The summed E-state index contributed by atoms with van der Waals surface area (Å²) in [5.74, 6) is 0.185. The average molecular weight is 191 g/mol. The summed E-state index contributed by atoms with van der Waals surface area (Å²) >= 11 is 0. The van der Waals surface area contributed by atoms with E-state index < -0.39 is 12.7 Å². The van der Waals surface area contributed by atoms with Crippen molar-refractivity contribution in [1.82, 2.24) is 9.97 Å². The van der Waals surface area contributed by atoms with Gasteiger partial charge in [-0.25, -0.2) is 9.97 Å². The highest BCUT2D eigenvalue weighted by atomic mass is 19.4. The summed E-state index contributed by atoms with van der Waals surface area (Å²) in [6.45, 7) is 0.601. The molecule has 0 aliphatic carbocycles. The topological polar surface area (TPSA) is 37.8 Å². The Morgan fingerprint density at radius 1 is 1.38 bits per heavy atom.